The van der Waals surface area contributed by atoms with Gasteiger partial charge in [-0.05, 0) is 70.8 Å². The molecular weight excluding hydrogens is 487 g/mol. The second-order valence-electron chi connectivity index (χ2n) is 10.0. The zero-order valence-electron chi connectivity index (χ0n) is 21.3. The summed E-state index contributed by atoms with van der Waals surface area (Å²) in [4.78, 5) is 10.4. The van der Waals surface area contributed by atoms with Gasteiger partial charge in [-0.1, -0.05) is 76.2 Å². The predicted octanol–water partition coefficient (Wildman–Crippen LogP) is 7.31. The zero-order chi connectivity index (χ0) is 26.8. The molecule has 192 valence electrons. The first kappa shape index (κ1) is 26.3. The summed E-state index contributed by atoms with van der Waals surface area (Å²) in [6.45, 7) is 8.23. The lowest BCUT2D eigenvalue weighted by atomic mass is 9.78. The second kappa shape index (κ2) is 9.97. The van der Waals surface area contributed by atoms with Crippen molar-refractivity contribution in [3.05, 3.63) is 119 Å². The number of phenols is 2. The fourth-order valence-corrected chi connectivity index (χ4v) is 5.05. The highest BCUT2D eigenvalue weighted by atomic mass is 31.2. The topological polar surface area (TPSA) is 96.2 Å². The Morgan fingerprint density at radius 3 is 1.03 bits per heavy atom. The maximum absolute atomic E-state index is 12.7. The Hall–Kier alpha value is -3.73. The van der Waals surface area contributed by atoms with Crippen LogP contribution in [0.1, 0.15) is 49.9 Å². The van der Waals surface area contributed by atoms with Crippen molar-refractivity contribution in [2.24, 2.45) is 0 Å². The first-order valence-corrected chi connectivity index (χ1v) is 13.4. The third kappa shape index (κ3) is 5.99. The molecule has 3 N–H and O–H groups in total. The summed E-state index contributed by atoms with van der Waals surface area (Å²) in [5.41, 5.74) is 3.30. The van der Waals surface area contributed by atoms with Gasteiger partial charge in [-0.3, -0.25) is 4.89 Å². The number of phosphoric acid groups is 1. The average Bonchev–Trinajstić information content (AvgIpc) is 2.85. The number of hydrogen-bond donors (Lipinski definition) is 3. The second-order valence-corrected chi connectivity index (χ2v) is 11.3. The van der Waals surface area contributed by atoms with Gasteiger partial charge in [0.25, 0.3) is 0 Å². The van der Waals surface area contributed by atoms with Crippen molar-refractivity contribution in [3.8, 4) is 23.0 Å². The highest BCUT2D eigenvalue weighted by Crippen LogP contribution is 2.45. The first-order valence-electron chi connectivity index (χ1n) is 11.9. The summed E-state index contributed by atoms with van der Waals surface area (Å²) < 4.78 is 23.3. The molecule has 0 heterocycles. The number of phenolic OH excluding ortho intramolecular Hbond substituents is 2. The molecule has 0 atom stereocenters. The summed E-state index contributed by atoms with van der Waals surface area (Å²) in [5.74, 6) is 0.831. The van der Waals surface area contributed by atoms with E-state index in [9.17, 15) is 19.7 Å². The van der Waals surface area contributed by atoms with Crippen LogP contribution in [0.4, 0.5) is 0 Å². The molecule has 0 aliphatic rings. The van der Waals surface area contributed by atoms with Crippen molar-refractivity contribution < 1.29 is 28.7 Å². The van der Waals surface area contributed by atoms with E-state index in [-0.39, 0.29) is 33.8 Å². The number of aromatic hydroxyl groups is 2. The highest BCUT2D eigenvalue weighted by molar-refractivity contribution is 7.48. The Labute approximate surface area is 217 Å². The highest BCUT2D eigenvalue weighted by Gasteiger charge is 2.28. The van der Waals surface area contributed by atoms with Crippen LogP contribution < -0.4 is 9.05 Å². The normalized spacial score (nSPS) is 12.2. The van der Waals surface area contributed by atoms with Crippen LogP contribution in [0, 0.1) is 0 Å². The maximum atomic E-state index is 12.7. The summed E-state index contributed by atoms with van der Waals surface area (Å²) in [6, 6.07) is 27.9. The molecule has 37 heavy (non-hydrogen) atoms. The summed E-state index contributed by atoms with van der Waals surface area (Å²) in [7, 11) is -4.43. The third-order valence-corrected chi connectivity index (χ3v) is 7.65. The van der Waals surface area contributed by atoms with Crippen LogP contribution in [0.5, 0.6) is 23.0 Å². The van der Waals surface area contributed by atoms with Gasteiger partial charge >= 0.3 is 7.82 Å². The van der Waals surface area contributed by atoms with Gasteiger partial charge in [0, 0.05) is 10.8 Å². The van der Waals surface area contributed by atoms with Crippen molar-refractivity contribution >= 4 is 7.82 Å². The molecule has 7 heteroatoms. The lowest BCUT2D eigenvalue weighted by molar-refractivity contribution is 0.291. The van der Waals surface area contributed by atoms with Gasteiger partial charge in [0.05, 0.1) is 0 Å². The smallest absolute Gasteiger partial charge is 0.508 e. The molecule has 4 aromatic rings. The van der Waals surface area contributed by atoms with Crippen LogP contribution in [0.3, 0.4) is 0 Å². The van der Waals surface area contributed by atoms with Gasteiger partial charge in [0.15, 0.2) is 0 Å². The van der Waals surface area contributed by atoms with E-state index in [0.29, 0.717) is 0 Å². The van der Waals surface area contributed by atoms with Crippen LogP contribution >= 0.6 is 7.82 Å². The minimum atomic E-state index is -4.43. The Bertz CT molecular complexity index is 1280. The van der Waals surface area contributed by atoms with Crippen LogP contribution in [-0.2, 0) is 15.4 Å². The van der Waals surface area contributed by atoms with Crippen LogP contribution in [0.25, 0.3) is 0 Å². The van der Waals surface area contributed by atoms with Crippen molar-refractivity contribution in [2.45, 2.75) is 38.5 Å². The minimum absolute atomic E-state index is 0.206. The largest absolute Gasteiger partial charge is 0.584 e. The molecule has 0 saturated carbocycles. The van der Waals surface area contributed by atoms with Crippen LogP contribution in [-0.4, -0.2) is 15.1 Å². The van der Waals surface area contributed by atoms with E-state index < -0.39 is 7.82 Å². The molecular formula is C30H31O6P. The monoisotopic (exact) mass is 518 g/mol. The van der Waals surface area contributed by atoms with E-state index in [0.717, 1.165) is 22.3 Å². The molecule has 0 radical (unpaired) electrons. The summed E-state index contributed by atoms with van der Waals surface area (Å²) >= 11 is 0. The van der Waals surface area contributed by atoms with Gasteiger partial charge in [0.2, 0.25) is 0 Å². The molecule has 0 aromatic heterocycles. The first-order chi connectivity index (χ1) is 17.4. The van der Waals surface area contributed by atoms with Gasteiger partial charge < -0.3 is 19.3 Å². The van der Waals surface area contributed by atoms with E-state index in [4.69, 9.17) is 9.05 Å². The lowest BCUT2D eigenvalue weighted by Crippen LogP contribution is -2.18. The molecule has 0 fully saturated rings. The maximum Gasteiger partial charge on any atom is 0.584 e. The summed E-state index contributed by atoms with van der Waals surface area (Å²) in [6.07, 6.45) is 0. The fourth-order valence-electron chi connectivity index (χ4n) is 4.24. The Morgan fingerprint density at radius 2 is 0.757 bits per heavy atom. The molecule has 0 amide bonds. The van der Waals surface area contributed by atoms with Gasteiger partial charge in [0.1, 0.15) is 23.0 Å². The minimum Gasteiger partial charge on any atom is -0.508 e. The molecule has 6 nitrogen and oxygen atoms in total. The average molecular weight is 519 g/mol. The van der Waals surface area contributed by atoms with Gasteiger partial charge in [-0.15, -0.1) is 0 Å². The lowest BCUT2D eigenvalue weighted by Gasteiger charge is -2.26. The summed E-state index contributed by atoms with van der Waals surface area (Å²) in [5, 5.41) is 19.1. The molecule has 4 aromatic carbocycles. The van der Waals surface area contributed by atoms with Gasteiger partial charge in [-0.2, -0.15) is 0 Å². The third-order valence-electron chi connectivity index (χ3n) is 6.77. The van der Waals surface area contributed by atoms with Crippen molar-refractivity contribution in [1.29, 1.82) is 0 Å². The Balaban J connectivity index is 1.44. The molecule has 0 unspecified atom stereocenters. The van der Waals surface area contributed by atoms with E-state index in [1.807, 2.05) is 48.5 Å². The SMILES string of the molecule is CC(C)(c1ccc(O)cc1)c1ccc(OP(=O)(O)Oc2ccc(C(C)(C)c3ccc(O)cc3)cc2)cc1. The van der Waals surface area contributed by atoms with Crippen molar-refractivity contribution in [1.82, 2.24) is 0 Å². The standard InChI is InChI=1S/C30H31O6P/c1-29(2,21-5-13-25(31)14-6-21)23-9-17-27(18-10-23)35-37(33,34)36-28-19-11-24(12-20-28)30(3,4)22-7-15-26(32)16-8-22/h5-20,31-32H,1-4H3,(H,33,34). The molecule has 0 aliphatic heterocycles. The Kier molecular flexibility index (Phi) is 7.09. The number of rotatable bonds is 8. The van der Waals surface area contributed by atoms with Crippen molar-refractivity contribution in [2.75, 3.05) is 0 Å². The van der Waals surface area contributed by atoms with E-state index in [2.05, 4.69) is 27.7 Å². The molecule has 0 bridgehead atoms. The zero-order valence-corrected chi connectivity index (χ0v) is 22.1. The Morgan fingerprint density at radius 1 is 0.514 bits per heavy atom. The number of benzene rings is 4. The van der Waals surface area contributed by atoms with Crippen LogP contribution in [0.15, 0.2) is 97.1 Å². The fraction of sp³-hybridized carbons (Fsp3) is 0.200. The molecule has 0 saturated heterocycles. The number of phosphoric ester groups is 1. The van der Waals surface area contributed by atoms with E-state index >= 15 is 0 Å². The molecule has 4 rings (SSSR count). The predicted molar refractivity (Wildman–Crippen MR) is 144 cm³/mol. The van der Waals surface area contributed by atoms with Gasteiger partial charge in [-0.25, -0.2) is 4.57 Å². The molecule has 0 aliphatic carbocycles. The quantitative estimate of drug-likeness (QED) is 0.212. The van der Waals surface area contributed by atoms with E-state index in [1.54, 1.807) is 48.5 Å². The van der Waals surface area contributed by atoms with Crippen molar-refractivity contribution in [3.63, 3.8) is 0 Å². The van der Waals surface area contributed by atoms with E-state index in [1.165, 1.54) is 0 Å². The number of hydrogen-bond acceptors (Lipinski definition) is 5. The van der Waals surface area contributed by atoms with Crippen LogP contribution in [0.2, 0.25) is 0 Å². The molecule has 0 spiro atoms.